The topological polar surface area (TPSA) is 81.4 Å². The Hall–Kier alpha value is -3.77. The average Bonchev–Trinajstić information content (AvgIpc) is 3.56. The van der Waals surface area contributed by atoms with E-state index in [1.807, 2.05) is 0 Å². The van der Waals surface area contributed by atoms with Crippen LogP contribution >= 0.6 is 22.9 Å². The van der Waals surface area contributed by atoms with Crippen molar-refractivity contribution in [1.82, 2.24) is 29.5 Å². The summed E-state index contributed by atoms with van der Waals surface area (Å²) < 4.78 is 56.3. The molecule has 0 aliphatic carbocycles. The summed E-state index contributed by atoms with van der Waals surface area (Å²) in [4.78, 5) is 18.2. The van der Waals surface area contributed by atoms with Gasteiger partial charge in [-0.25, -0.2) is 18.9 Å². The molecule has 190 valence electrons. The van der Waals surface area contributed by atoms with Crippen molar-refractivity contribution >= 4 is 22.9 Å². The van der Waals surface area contributed by atoms with Crippen LogP contribution in [-0.2, 0) is 25.7 Å². The lowest BCUT2D eigenvalue weighted by Gasteiger charge is -2.07. The van der Waals surface area contributed by atoms with E-state index in [0.29, 0.717) is 26.2 Å². The van der Waals surface area contributed by atoms with Gasteiger partial charge in [0.1, 0.15) is 18.2 Å². The molecule has 0 fully saturated rings. The molecule has 0 amide bonds. The molecule has 0 saturated heterocycles. The molecule has 13 heteroatoms. The average molecular weight is 549 g/mol. The first-order valence-electron chi connectivity index (χ1n) is 10.9. The third-order valence-electron chi connectivity index (χ3n) is 5.50. The van der Waals surface area contributed by atoms with Crippen LogP contribution in [0, 0.1) is 5.82 Å². The van der Waals surface area contributed by atoms with Gasteiger partial charge in [-0.1, -0.05) is 48.0 Å². The first kappa shape index (κ1) is 24.9. The van der Waals surface area contributed by atoms with Crippen molar-refractivity contribution in [1.29, 1.82) is 0 Å². The van der Waals surface area contributed by atoms with Gasteiger partial charge in [0.25, 0.3) is 0 Å². The maximum absolute atomic E-state index is 14.3. The van der Waals surface area contributed by atoms with E-state index < -0.39 is 23.2 Å². The van der Waals surface area contributed by atoms with Gasteiger partial charge in [0.05, 0.1) is 21.3 Å². The lowest BCUT2D eigenvalue weighted by molar-refractivity contribution is -0.137. The molecule has 1 N–H and O–H groups in total. The Bertz CT molecular complexity index is 1620. The molecule has 0 unspecified atom stereocenters. The first-order chi connectivity index (χ1) is 17.7. The van der Waals surface area contributed by atoms with Crippen molar-refractivity contribution < 1.29 is 17.6 Å². The Morgan fingerprint density at radius 2 is 1.84 bits per heavy atom. The molecule has 2 aromatic carbocycles. The summed E-state index contributed by atoms with van der Waals surface area (Å²) in [6, 6.07) is 14.5. The van der Waals surface area contributed by atoms with Gasteiger partial charge >= 0.3 is 11.9 Å². The number of hydrogen-bond acceptors (Lipinski definition) is 5. The number of nitrogens with one attached hydrogen (secondary N) is 1. The van der Waals surface area contributed by atoms with Crippen molar-refractivity contribution in [2.24, 2.45) is 0 Å². The zero-order valence-corrected chi connectivity index (χ0v) is 20.4. The van der Waals surface area contributed by atoms with E-state index in [4.69, 9.17) is 11.6 Å². The summed E-state index contributed by atoms with van der Waals surface area (Å²) in [6.07, 6.45) is -4.39. The Kier molecular flexibility index (Phi) is 6.69. The minimum atomic E-state index is -4.45. The number of aromatic nitrogens is 6. The fourth-order valence-electron chi connectivity index (χ4n) is 3.77. The van der Waals surface area contributed by atoms with Gasteiger partial charge in [-0.2, -0.15) is 18.3 Å². The van der Waals surface area contributed by atoms with Gasteiger partial charge in [0, 0.05) is 12.0 Å². The fourth-order valence-corrected chi connectivity index (χ4v) is 4.80. The zero-order valence-electron chi connectivity index (χ0n) is 18.8. The highest BCUT2D eigenvalue weighted by molar-refractivity contribution is 7.19. The molecular weight excluding hydrogens is 532 g/mol. The monoisotopic (exact) mass is 548 g/mol. The molecule has 3 heterocycles. The van der Waals surface area contributed by atoms with Crippen LogP contribution in [0.2, 0.25) is 4.34 Å². The highest BCUT2D eigenvalue weighted by Crippen LogP contribution is 2.31. The molecule has 5 rings (SSSR count). The second-order valence-electron chi connectivity index (χ2n) is 8.12. The molecule has 3 aromatic heterocycles. The molecule has 5 aromatic rings. The van der Waals surface area contributed by atoms with E-state index in [0.717, 1.165) is 12.1 Å². The van der Waals surface area contributed by atoms with E-state index in [1.54, 1.807) is 36.4 Å². The Balaban J connectivity index is 1.42. The third kappa shape index (κ3) is 5.49. The van der Waals surface area contributed by atoms with Crippen molar-refractivity contribution in [3.8, 4) is 10.7 Å². The molecule has 0 bridgehead atoms. The van der Waals surface area contributed by atoms with Gasteiger partial charge < -0.3 is 0 Å². The molecule has 0 radical (unpaired) electrons. The van der Waals surface area contributed by atoms with Crippen LogP contribution in [0.5, 0.6) is 0 Å². The van der Waals surface area contributed by atoms with E-state index in [1.165, 1.54) is 32.7 Å². The third-order valence-corrected chi connectivity index (χ3v) is 6.72. The largest absolute Gasteiger partial charge is 0.416 e. The number of benzene rings is 2. The van der Waals surface area contributed by atoms with Crippen LogP contribution in [-0.4, -0.2) is 29.5 Å². The standard InChI is InChI=1S/C24H17ClF4N6OS/c25-19-9-8-18(37-19)22-33-35(23(36)34(22)12-15-5-1-2-7-17(15)26)13-21-30-20(31-32-21)11-14-4-3-6-16(10-14)24(27,28)29/h1-10H,11-13H2,(H,30,31,32). The maximum Gasteiger partial charge on any atom is 0.416 e. The van der Waals surface area contributed by atoms with E-state index in [9.17, 15) is 22.4 Å². The smallest absolute Gasteiger partial charge is 0.270 e. The number of H-pyrrole nitrogens is 1. The van der Waals surface area contributed by atoms with Gasteiger partial charge in [-0.3, -0.25) is 9.67 Å². The van der Waals surface area contributed by atoms with Crippen LogP contribution < -0.4 is 5.69 Å². The van der Waals surface area contributed by atoms with Crippen LogP contribution in [0.25, 0.3) is 10.7 Å². The zero-order chi connectivity index (χ0) is 26.2. The molecule has 7 nitrogen and oxygen atoms in total. The number of hydrogen-bond donors (Lipinski definition) is 1. The first-order valence-corrected chi connectivity index (χ1v) is 12.1. The molecular formula is C24H17ClF4N6OS. The Morgan fingerprint density at radius 1 is 1.03 bits per heavy atom. The van der Waals surface area contributed by atoms with Crippen LogP contribution in [0.3, 0.4) is 0 Å². The van der Waals surface area contributed by atoms with Gasteiger partial charge in [-0.15, -0.1) is 16.4 Å². The highest BCUT2D eigenvalue weighted by Gasteiger charge is 2.30. The number of thiophene rings is 1. The molecule has 0 spiro atoms. The summed E-state index contributed by atoms with van der Waals surface area (Å²) in [5.74, 6) is 0.412. The number of halogens is 5. The SMILES string of the molecule is O=c1n(Cc2nc(Cc3cccc(C(F)(F)F)c3)n[nH]2)nc(-c2ccc(Cl)s2)n1Cc1ccccc1F. The number of aromatic amines is 1. The molecule has 0 aliphatic heterocycles. The van der Waals surface area contributed by atoms with Gasteiger partial charge in [0.2, 0.25) is 0 Å². The minimum Gasteiger partial charge on any atom is -0.270 e. The van der Waals surface area contributed by atoms with Crippen LogP contribution in [0.4, 0.5) is 17.6 Å². The normalized spacial score (nSPS) is 11.8. The summed E-state index contributed by atoms with van der Waals surface area (Å²) in [5.41, 5.74) is -0.549. The molecule has 0 atom stereocenters. The van der Waals surface area contributed by atoms with Crippen LogP contribution in [0.15, 0.2) is 65.5 Å². The lowest BCUT2D eigenvalue weighted by atomic mass is 10.1. The second kappa shape index (κ2) is 9.94. The predicted octanol–water partition coefficient (Wildman–Crippen LogP) is 5.39. The van der Waals surface area contributed by atoms with Gasteiger partial charge in [-0.05, 0) is 29.8 Å². The molecule has 0 aliphatic rings. The number of rotatable bonds is 7. The van der Waals surface area contributed by atoms with Gasteiger partial charge in [0.15, 0.2) is 11.6 Å². The second-order valence-corrected chi connectivity index (χ2v) is 9.83. The fraction of sp³-hybridized carbons (Fsp3) is 0.167. The maximum atomic E-state index is 14.3. The summed E-state index contributed by atoms with van der Waals surface area (Å²) in [5, 5.41) is 11.2. The van der Waals surface area contributed by atoms with Crippen molar-refractivity contribution in [2.75, 3.05) is 0 Å². The summed E-state index contributed by atoms with van der Waals surface area (Å²) >= 11 is 7.31. The summed E-state index contributed by atoms with van der Waals surface area (Å²) in [6.45, 7) is -0.127. The Morgan fingerprint density at radius 3 is 2.57 bits per heavy atom. The minimum absolute atomic E-state index is 0.0481. The summed E-state index contributed by atoms with van der Waals surface area (Å²) in [7, 11) is 0. The lowest BCUT2D eigenvalue weighted by Crippen LogP contribution is -2.26. The highest BCUT2D eigenvalue weighted by atomic mass is 35.5. The predicted molar refractivity (Wildman–Crippen MR) is 130 cm³/mol. The number of alkyl halides is 3. The number of nitrogens with zero attached hydrogens (tertiary/aromatic N) is 5. The van der Waals surface area contributed by atoms with Crippen LogP contribution in [0.1, 0.15) is 28.3 Å². The van der Waals surface area contributed by atoms with E-state index in [2.05, 4.69) is 20.3 Å². The van der Waals surface area contributed by atoms with Crippen molar-refractivity contribution in [2.45, 2.75) is 25.7 Å². The molecule has 0 saturated carbocycles. The quantitative estimate of drug-likeness (QED) is 0.277. The van der Waals surface area contributed by atoms with E-state index in [-0.39, 0.29) is 31.2 Å². The van der Waals surface area contributed by atoms with Crippen molar-refractivity contribution in [3.05, 3.63) is 110 Å². The Labute approximate surface area is 216 Å². The molecule has 37 heavy (non-hydrogen) atoms. The van der Waals surface area contributed by atoms with Crippen molar-refractivity contribution in [3.63, 3.8) is 0 Å². The van der Waals surface area contributed by atoms with E-state index >= 15 is 0 Å².